The topological polar surface area (TPSA) is 92.8 Å². The normalized spacial score (nSPS) is 11.7. The van der Waals surface area contributed by atoms with Crippen molar-refractivity contribution in [2.75, 3.05) is 20.3 Å². The Labute approximate surface area is 269 Å². The molecule has 0 unspecified atom stereocenters. The van der Waals surface area contributed by atoms with Crippen molar-refractivity contribution >= 4 is 34.5 Å². The number of fused-ring (bicyclic) bond motifs is 1. The number of rotatable bonds is 12. The van der Waals surface area contributed by atoms with Gasteiger partial charge >= 0.3 is 0 Å². The van der Waals surface area contributed by atoms with Gasteiger partial charge in [-0.1, -0.05) is 67.0 Å². The number of aryl methyl sites for hydroxylation is 1. The van der Waals surface area contributed by atoms with Gasteiger partial charge in [0.1, 0.15) is 24.7 Å². The van der Waals surface area contributed by atoms with Crippen LogP contribution in [-0.2, 0) is 0 Å². The van der Waals surface area contributed by atoms with E-state index in [1.54, 1.807) is 25.3 Å². The number of hydrogen-bond acceptors (Lipinski definition) is 8. The van der Waals surface area contributed by atoms with E-state index in [0.717, 1.165) is 39.4 Å². The van der Waals surface area contributed by atoms with Crippen molar-refractivity contribution in [3.63, 3.8) is 0 Å². The highest BCUT2D eigenvalue weighted by Gasteiger charge is 2.15. The van der Waals surface area contributed by atoms with Crippen molar-refractivity contribution in [2.24, 2.45) is 0 Å². The van der Waals surface area contributed by atoms with Crippen LogP contribution < -0.4 is 24.3 Å². The first-order chi connectivity index (χ1) is 22.5. The highest BCUT2D eigenvalue weighted by Crippen LogP contribution is 2.30. The van der Waals surface area contributed by atoms with Gasteiger partial charge in [0, 0.05) is 17.3 Å². The standard InChI is InChI=1S/C36H31N5O4S/c1-5-18-44-29-16-14-26(20-24(29)3)34-27(23-40(39-34)28-10-8-7-9-11-28)22-32-35(42)41-36(46-32)37-33(38-41)17-13-25-12-15-30(45-19-6-2)31(21-25)43-4/h5-17,20-23H,1-2,18-19H2,3-4H3/b17-13+,32-22-. The van der Waals surface area contributed by atoms with E-state index in [1.165, 1.54) is 15.9 Å². The molecule has 0 bridgehead atoms. The van der Waals surface area contributed by atoms with E-state index < -0.39 is 0 Å². The molecule has 6 aromatic rings. The van der Waals surface area contributed by atoms with Gasteiger partial charge in [-0.3, -0.25) is 4.79 Å². The summed E-state index contributed by atoms with van der Waals surface area (Å²) in [5.41, 5.74) is 4.93. The fourth-order valence-electron chi connectivity index (χ4n) is 4.82. The lowest BCUT2D eigenvalue weighted by atomic mass is 10.0. The molecule has 0 fully saturated rings. The van der Waals surface area contributed by atoms with E-state index in [1.807, 2.05) is 96.7 Å². The summed E-state index contributed by atoms with van der Waals surface area (Å²) in [5, 5.41) is 9.37. The molecule has 0 spiro atoms. The Morgan fingerprint density at radius 2 is 1.65 bits per heavy atom. The molecular weight excluding hydrogens is 598 g/mol. The zero-order valence-electron chi connectivity index (χ0n) is 25.4. The highest BCUT2D eigenvalue weighted by molar-refractivity contribution is 7.15. The Balaban J connectivity index is 1.34. The smallest absolute Gasteiger partial charge is 0.291 e. The number of hydrogen-bond donors (Lipinski definition) is 0. The Bertz CT molecular complexity index is 2180. The number of benzene rings is 3. The van der Waals surface area contributed by atoms with Crippen molar-refractivity contribution in [2.45, 2.75) is 6.92 Å². The molecule has 0 radical (unpaired) electrons. The molecule has 0 aliphatic heterocycles. The summed E-state index contributed by atoms with van der Waals surface area (Å²) in [7, 11) is 1.59. The molecule has 0 atom stereocenters. The second-order valence-corrected chi connectivity index (χ2v) is 11.2. The Morgan fingerprint density at radius 1 is 0.891 bits per heavy atom. The maximum Gasteiger partial charge on any atom is 0.291 e. The van der Waals surface area contributed by atoms with Crippen LogP contribution in [0, 0.1) is 6.92 Å². The van der Waals surface area contributed by atoms with E-state index in [-0.39, 0.29) is 5.56 Å². The fourth-order valence-corrected chi connectivity index (χ4v) is 5.73. The molecule has 3 heterocycles. The molecule has 0 N–H and O–H groups in total. The molecule has 0 saturated carbocycles. The maximum atomic E-state index is 13.5. The quantitative estimate of drug-likeness (QED) is 0.150. The number of nitrogens with zero attached hydrogens (tertiary/aromatic N) is 5. The summed E-state index contributed by atoms with van der Waals surface area (Å²) < 4.78 is 20.5. The predicted molar refractivity (Wildman–Crippen MR) is 183 cm³/mol. The molecule has 0 aliphatic carbocycles. The van der Waals surface area contributed by atoms with Gasteiger partial charge in [-0.05, 0) is 72.7 Å². The number of para-hydroxylation sites is 1. The summed E-state index contributed by atoms with van der Waals surface area (Å²) in [4.78, 5) is 18.6. The van der Waals surface area contributed by atoms with E-state index >= 15 is 0 Å². The third-order valence-corrected chi connectivity index (χ3v) is 7.98. The van der Waals surface area contributed by atoms with Crippen molar-refractivity contribution in [3.05, 3.63) is 136 Å². The molecule has 230 valence electrons. The zero-order chi connectivity index (χ0) is 32.0. The van der Waals surface area contributed by atoms with Crippen molar-refractivity contribution < 1.29 is 14.2 Å². The van der Waals surface area contributed by atoms with Crippen LogP contribution in [0.1, 0.15) is 22.5 Å². The predicted octanol–water partition coefficient (Wildman–Crippen LogP) is 6.17. The van der Waals surface area contributed by atoms with Gasteiger partial charge in [-0.25, -0.2) is 4.68 Å². The summed E-state index contributed by atoms with van der Waals surface area (Å²) >= 11 is 1.28. The van der Waals surface area contributed by atoms with Gasteiger partial charge in [0.2, 0.25) is 4.96 Å². The largest absolute Gasteiger partial charge is 0.493 e. The minimum absolute atomic E-state index is 0.250. The molecule has 3 aromatic heterocycles. The van der Waals surface area contributed by atoms with E-state index in [2.05, 4.69) is 23.2 Å². The van der Waals surface area contributed by atoms with E-state index in [0.29, 0.717) is 40.0 Å². The van der Waals surface area contributed by atoms with Crippen LogP contribution in [0.25, 0.3) is 40.1 Å². The summed E-state index contributed by atoms with van der Waals surface area (Å²) in [6, 6.07) is 21.4. The van der Waals surface area contributed by atoms with Crippen molar-refractivity contribution in [1.82, 2.24) is 24.4 Å². The Hall–Kier alpha value is -5.74. The lowest BCUT2D eigenvalue weighted by Gasteiger charge is -2.09. The van der Waals surface area contributed by atoms with Crippen LogP contribution in [0.3, 0.4) is 0 Å². The molecule has 0 amide bonds. The summed E-state index contributed by atoms with van der Waals surface area (Å²) in [6.45, 7) is 10.2. The molecule has 3 aromatic carbocycles. The Kier molecular flexibility index (Phi) is 8.89. The molecule has 0 aliphatic rings. The third kappa shape index (κ3) is 6.38. The second-order valence-electron chi connectivity index (χ2n) is 10.2. The second kappa shape index (κ2) is 13.5. The average molecular weight is 630 g/mol. The lowest BCUT2D eigenvalue weighted by Crippen LogP contribution is -2.23. The maximum absolute atomic E-state index is 13.5. The van der Waals surface area contributed by atoms with Gasteiger partial charge in [-0.2, -0.15) is 14.6 Å². The number of ether oxygens (including phenoxy) is 3. The highest BCUT2D eigenvalue weighted by atomic mass is 32.1. The molecule has 10 heteroatoms. The first-order valence-electron chi connectivity index (χ1n) is 14.5. The Morgan fingerprint density at radius 3 is 2.37 bits per heavy atom. The van der Waals surface area contributed by atoms with Crippen LogP contribution >= 0.6 is 11.3 Å². The molecular formula is C36H31N5O4S. The van der Waals surface area contributed by atoms with Crippen LogP contribution in [0.5, 0.6) is 17.2 Å². The van der Waals surface area contributed by atoms with E-state index in [4.69, 9.17) is 19.3 Å². The van der Waals surface area contributed by atoms with Crippen molar-refractivity contribution in [1.29, 1.82) is 0 Å². The van der Waals surface area contributed by atoms with Gasteiger partial charge < -0.3 is 14.2 Å². The van der Waals surface area contributed by atoms with E-state index in [9.17, 15) is 4.79 Å². The van der Waals surface area contributed by atoms with Gasteiger partial charge in [0.15, 0.2) is 17.3 Å². The molecule has 46 heavy (non-hydrogen) atoms. The summed E-state index contributed by atoms with van der Waals surface area (Å²) in [5.74, 6) is 2.43. The molecule has 0 saturated heterocycles. The number of thiazole rings is 1. The molecule has 9 nitrogen and oxygen atoms in total. The molecule has 6 rings (SSSR count). The van der Waals surface area contributed by atoms with Gasteiger partial charge in [0.05, 0.1) is 17.3 Å². The van der Waals surface area contributed by atoms with Crippen LogP contribution in [0.2, 0.25) is 0 Å². The van der Waals surface area contributed by atoms with Gasteiger partial charge in [0.25, 0.3) is 5.56 Å². The first kappa shape index (κ1) is 30.3. The third-order valence-electron chi connectivity index (χ3n) is 7.02. The van der Waals surface area contributed by atoms with Gasteiger partial charge in [-0.15, -0.1) is 5.10 Å². The SMILES string of the molecule is C=CCOc1ccc(-c2nn(-c3ccccc3)cc2/C=c2\sc3nc(/C=C/c4ccc(OCC=C)c(OC)c4)nn3c2=O)cc1C. The van der Waals surface area contributed by atoms with Crippen LogP contribution in [-0.4, -0.2) is 44.7 Å². The van der Waals surface area contributed by atoms with Crippen LogP contribution in [0.4, 0.5) is 0 Å². The van der Waals surface area contributed by atoms with Crippen molar-refractivity contribution in [3.8, 4) is 34.2 Å². The average Bonchev–Trinajstić information content (AvgIpc) is 3.77. The number of methoxy groups -OCH3 is 1. The first-order valence-corrected chi connectivity index (χ1v) is 15.3. The number of aromatic nitrogens is 5. The minimum atomic E-state index is -0.250. The monoisotopic (exact) mass is 629 g/mol. The lowest BCUT2D eigenvalue weighted by molar-refractivity contribution is 0.326. The summed E-state index contributed by atoms with van der Waals surface area (Å²) in [6.07, 6.45) is 10.8. The zero-order valence-corrected chi connectivity index (χ0v) is 26.2. The fraction of sp³-hybridized carbons (Fsp3) is 0.111. The van der Waals surface area contributed by atoms with Crippen LogP contribution in [0.15, 0.2) is 103 Å². The minimum Gasteiger partial charge on any atom is -0.493 e.